The van der Waals surface area contributed by atoms with Crippen molar-refractivity contribution >= 4 is 43.1 Å². The summed E-state index contributed by atoms with van der Waals surface area (Å²) in [5.74, 6) is 0. The van der Waals surface area contributed by atoms with Crippen LogP contribution in [0.5, 0.6) is 0 Å². The number of hydrogen-bond donors (Lipinski definition) is 0. The Hall–Kier alpha value is -5.98. The summed E-state index contributed by atoms with van der Waals surface area (Å²) >= 11 is 0. The second-order valence-electron chi connectivity index (χ2n) is 11.5. The lowest BCUT2D eigenvalue weighted by Gasteiger charge is -2.21. The minimum absolute atomic E-state index is 0.0185. The Labute approximate surface area is 278 Å². The van der Waals surface area contributed by atoms with Gasteiger partial charge in [0.25, 0.3) is 0 Å². The second kappa shape index (κ2) is 10.9. The van der Waals surface area contributed by atoms with Gasteiger partial charge in [0.1, 0.15) is 0 Å². The molecular weight excluding hydrogens is 553 g/mol. The molecular formula is C46H30. The van der Waals surface area contributed by atoms with Crippen molar-refractivity contribution in [1.82, 2.24) is 0 Å². The molecule has 0 aromatic heterocycles. The maximum Gasteiger partial charge on any atom is 0.0636 e. The van der Waals surface area contributed by atoms with E-state index >= 15 is 0 Å². The molecule has 0 saturated heterocycles. The summed E-state index contributed by atoms with van der Waals surface area (Å²) < 4.78 is 66.3. The molecule has 0 bridgehead atoms. The maximum absolute atomic E-state index is 10.1. The predicted molar refractivity (Wildman–Crippen MR) is 198 cm³/mol. The van der Waals surface area contributed by atoms with Crippen LogP contribution in [0.2, 0.25) is 0 Å². The van der Waals surface area contributed by atoms with E-state index in [2.05, 4.69) is 0 Å². The van der Waals surface area contributed by atoms with E-state index in [9.17, 15) is 6.85 Å². The Morgan fingerprint density at radius 3 is 1.76 bits per heavy atom. The zero-order valence-corrected chi connectivity index (χ0v) is 24.8. The number of rotatable bonds is 4. The molecule has 0 N–H and O–H groups in total. The van der Waals surface area contributed by atoms with Gasteiger partial charge < -0.3 is 0 Å². The fraction of sp³-hybridized carbons (Fsp3) is 0. The van der Waals surface area contributed by atoms with Gasteiger partial charge in [-0.2, -0.15) is 0 Å². The first-order valence-corrected chi connectivity index (χ1v) is 15.4. The Morgan fingerprint density at radius 2 is 0.935 bits per heavy atom. The standard InChI is InChI=1S/C46H30/c1-2-14-32(15-3-1)37-20-8-9-21-39(37)46-42-23-11-10-22-41(42)45(40-24-12-18-33-16-6-7-19-38(33)40)43-28-27-36(30-44(43)46)35-26-25-31-13-4-5-17-34(31)29-35/h1-30H/i10D,11D,22D,23D,27D,28D,30D. The maximum atomic E-state index is 10.1. The first-order valence-electron chi connectivity index (χ1n) is 18.9. The van der Waals surface area contributed by atoms with Gasteiger partial charge in [-0.3, -0.25) is 0 Å². The number of fused-ring (bicyclic) bond motifs is 4. The SMILES string of the molecule is [2H]c1c([2H])c([2H])c2c(-c3cccc4ccccc34)c3c([2H])c([2H])c(-c4ccc5ccccc5c4)c([2H])c3c(-c3ccccc3-c3ccccc3)c2c1[2H]. The van der Waals surface area contributed by atoms with E-state index in [1.807, 2.05) is 140 Å². The lowest BCUT2D eigenvalue weighted by molar-refractivity contribution is 1.60. The van der Waals surface area contributed by atoms with E-state index in [1.165, 1.54) is 0 Å². The molecule has 0 spiro atoms. The van der Waals surface area contributed by atoms with Gasteiger partial charge in [0.2, 0.25) is 0 Å². The summed E-state index contributed by atoms with van der Waals surface area (Å²) in [5.41, 5.74) is 4.80. The molecule has 9 rings (SSSR count). The summed E-state index contributed by atoms with van der Waals surface area (Å²) in [5, 5.41) is 4.89. The van der Waals surface area contributed by atoms with Crippen LogP contribution >= 0.6 is 0 Å². The molecule has 46 heavy (non-hydrogen) atoms. The van der Waals surface area contributed by atoms with Crippen LogP contribution in [0.15, 0.2) is 182 Å². The summed E-state index contributed by atoms with van der Waals surface area (Å²) in [6.07, 6.45) is 0. The van der Waals surface area contributed by atoms with Gasteiger partial charge >= 0.3 is 0 Å². The molecule has 0 atom stereocenters. The number of benzene rings is 9. The highest BCUT2D eigenvalue weighted by Gasteiger charge is 2.20. The summed E-state index contributed by atoms with van der Waals surface area (Å²) in [6, 6.07) is 43.3. The van der Waals surface area contributed by atoms with Crippen LogP contribution < -0.4 is 0 Å². The minimum atomic E-state index is -0.387. The van der Waals surface area contributed by atoms with Crippen LogP contribution in [0.3, 0.4) is 0 Å². The van der Waals surface area contributed by atoms with Crippen molar-refractivity contribution in [2.24, 2.45) is 0 Å². The van der Waals surface area contributed by atoms with Gasteiger partial charge in [-0.1, -0.05) is 170 Å². The molecule has 0 unspecified atom stereocenters. The Balaban J connectivity index is 1.59. The molecule has 0 amide bonds. The van der Waals surface area contributed by atoms with Crippen LogP contribution in [-0.2, 0) is 0 Å². The van der Waals surface area contributed by atoms with Crippen LogP contribution in [0.4, 0.5) is 0 Å². The monoisotopic (exact) mass is 589 g/mol. The molecule has 0 aliphatic rings. The van der Waals surface area contributed by atoms with Crippen molar-refractivity contribution in [3.63, 3.8) is 0 Å². The molecule has 9 aromatic rings. The molecule has 214 valence electrons. The highest BCUT2D eigenvalue weighted by Crippen LogP contribution is 2.48. The third kappa shape index (κ3) is 4.30. The first-order chi connectivity index (χ1) is 25.8. The fourth-order valence-corrected chi connectivity index (χ4v) is 6.76. The third-order valence-electron chi connectivity index (χ3n) is 8.88. The quantitative estimate of drug-likeness (QED) is 0.179. The van der Waals surface area contributed by atoms with E-state index in [0.29, 0.717) is 38.6 Å². The molecule has 0 saturated carbocycles. The van der Waals surface area contributed by atoms with Crippen molar-refractivity contribution in [1.29, 1.82) is 0 Å². The smallest absolute Gasteiger partial charge is 0.0622 e. The summed E-state index contributed by atoms with van der Waals surface area (Å²) in [6.45, 7) is 0. The van der Waals surface area contributed by atoms with E-state index in [0.717, 1.165) is 32.7 Å². The fourth-order valence-electron chi connectivity index (χ4n) is 6.76. The zero-order valence-electron chi connectivity index (χ0n) is 31.8. The van der Waals surface area contributed by atoms with Gasteiger partial charge in [0, 0.05) is 0 Å². The molecule has 0 aliphatic carbocycles. The molecule has 9 aromatic carbocycles. The largest absolute Gasteiger partial charge is 0.0636 e. The third-order valence-corrected chi connectivity index (χ3v) is 8.88. The van der Waals surface area contributed by atoms with Gasteiger partial charge in [-0.15, -0.1) is 0 Å². The lowest BCUT2D eigenvalue weighted by Crippen LogP contribution is -1.94. The van der Waals surface area contributed by atoms with Crippen LogP contribution in [-0.4, -0.2) is 0 Å². The van der Waals surface area contributed by atoms with Crippen molar-refractivity contribution in [2.75, 3.05) is 0 Å². The summed E-state index contributed by atoms with van der Waals surface area (Å²) in [7, 11) is 0. The van der Waals surface area contributed by atoms with Gasteiger partial charge in [-0.25, -0.2) is 0 Å². The molecule has 0 fully saturated rings. The molecule has 0 heteroatoms. The van der Waals surface area contributed by atoms with Crippen molar-refractivity contribution in [2.45, 2.75) is 0 Å². The van der Waals surface area contributed by atoms with Gasteiger partial charge in [0.15, 0.2) is 0 Å². The lowest BCUT2D eigenvalue weighted by atomic mass is 9.82. The number of hydrogen-bond acceptors (Lipinski definition) is 0. The van der Waals surface area contributed by atoms with E-state index < -0.39 is 0 Å². The molecule has 0 radical (unpaired) electrons. The second-order valence-corrected chi connectivity index (χ2v) is 11.5. The van der Waals surface area contributed by atoms with Crippen molar-refractivity contribution in [3.8, 4) is 44.5 Å². The Kier molecular flexibility index (Phi) is 4.76. The van der Waals surface area contributed by atoms with Crippen LogP contribution in [0.25, 0.3) is 87.6 Å². The highest BCUT2D eigenvalue weighted by atomic mass is 14.2. The van der Waals surface area contributed by atoms with Crippen LogP contribution in [0.1, 0.15) is 9.60 Å². The predicted octanol–water partition coefficient (Wildman–Crippen LogP) is 13.0. The first kappa shape index (κ1) is 20.1. The minimum Gasteiger partial charge on any atom is -0.0622 e. The van der Waals surface area contributed by atoms with Crippen molar-refractivity contribution in [3.05, 3.63) is 182 Å². The normalized spacial score (nSPS) is 13.6. The van der Waals surface area contributed by atoms with E-state index in [-0.39, 0.29) is 58.6 Å². The zero-order chi connectivity index (χ0) is 36.5. The highest BCUT2D eigenvalue weighted by molar-refractivity contribution is 6.24. The van der Waals surface area contributed by atoms with Gasteiger partial charge in [-0.05, 0) is 99.7 Å². The van der Waals surface area contributed by atoms with E-state index in [4.69, 9.17) is 2.74 Å². The Bertz CT molecular complexity index is 2960. The average Bonchev–Trinajstić information content (AvgIpc) is 3.20. The summed E-state index contributed by atoms with van der Waals surface area (Å²) in [4.78, 5) is 0. The Morgan fingerprint density at radius 1 is 0.326 bits per heavy atom. The molecule has 0 heterocycles. The molecule has 0 nitrogen and oxygen atoms in total. The van der Waals surface area contributed by atoms with Crippen molar-refractivity contribution < 1.29 is 9.60 Å². The topological polar surface area (TPSA) is 0 Å². The molecule has 0 aliphatic heterocycles. The average molecular weight is 590 g/mol. The van der Waals surface area contributed by atoms with Gasteiger partial charge in [0.05, 0.1) is 9.60 Å². The van der Waals surface area contributed by atoms with E-state index in [1.54, 1.807) is 0 Å². The van der Waals surface area contributed by atoms with Crippen LogP contribution in [0, 0.1) is 0 Å².